The third kappa shape index (κ3) is 4.33. The van der Waals surface area contributed by atoms with Crippen molar-refractivity contribution in [3.63, 3.8) is 0 Å². The molecule has 0 aromatic heterocycles. The second-order valence-corrected chi connectivity index (χ2v) is 5.27. The van der Waals surface area contributed by atoms with Gasteiger partial charge >= 0.3 is 0 Å². The Kier molecular flexibility index (Phi) is 5.82. The Morgan fingerprint density at radius 3 is 2.48 bits per heavy atom. The number of hydrogen-bond acceptors (Lipinski definition) is 2. The SMILES string of the molecule is CCNC(Cc1ccccc1)c1cc(C)ccc1OCC. The van der Waals surface area contributed by atoms with E-state index in [1.165, 1.54) is 16.7 Å². The van der Waals surface area contributed by atoms with Gasteiger partial charge in [0, 0.05) is 11.6 Å². The van der Waals surface area contributed by atoms with E-state index in [1.54, 1.807) is 0 Å². The van der Waals surface area contributed by atoms with Crippen molar-refractivity contribution < 1.29 is 4.74 Å². The maximum atomic E-state index is 5.82. The molecule has 0 aliphatic rings. The largest absolute Gasteiger partial charge is 0.494 e. The Bertz CT molecular complexity index is 551. The molecule has 0 spiro atoms. The van der Waals surface area contributed by atoms with Crippen LogP contribution in [0.15, 0.2) is 48.5 Å². The quantitative estimate of drug-likeness (QED) is 0.818. The monoisotopic (exact) mass is 283 g/mol. The standard InChI is InChI=1S/C19H25NO/c1-4-20-18(14-16-9-7-6-8-10-16)17-13-15(3)11-12-19(17)21-5-2/h6-13,18,20H,4-5,14H2,1-3H3. The molecule has 2 nitrogen and oxygen atoms in total. The summed E-state index contributed by atoms with van der Waals surface area (Å²) in [6, 6.07) is 17.3. The average Bonchev–Trinajstić information content (AvgIpc) is 2.50. The van der Waals surface area contributed by atoms with Gasteiger partial charge in [-0.1, -0.05) is 55.0 Å². The lowest BCUT2D eigenvalue weighted by atomic mass is 9.96. The summed E-state index contributed by atoms with van der Waals surface area (Å²) in [7, 11) is 0. The third-order valence-electron chi connectivity index (χ3n) is 3.57. The molecule has 1 atom stereocenters. The molecule has 0 radical (unpaired) electrons. The van der Waals surface area contributed by atoms with Gasteiger partial charge in [-0.3, -0.25) is 0 Å². The highest BCUT2D eigenvalue weighted by atomic mass is 16.5. The molecule has 21 heavy (non-hydrogen) atoms. The van der Waals surface area contributed by atoms with Gasteiger partial charge in [0.1, 0.15) is 5.75 Å². The van der Waals surface area contributed by atoms with Crippen LogP contribution in [0.25, 0.3) is 0 Å². The summed E-state index contributed by atoms with van der Waals surface area (Å²) in [5, 5.41) is 3.59. The number of hydrogen-bond donors (Lipinski definition) is 1. The highest BCUT2D eigenvalue weighted by molar-refractivity contribution is 5.40. The van der Waals surface area contributed by atoms with Gasteiger partial charge in [-0.05, 0) is 38.4 Å². The van der Waals surface area contributed by atoms with E-state index in [4.69, 9.17) is 4.74 Å². The van der Waals surface area contributed by atoms with Gasteiger partial charge in [0.25, 0.3) is 0 Å². The average molecular weight is 283 g/mol. The first-order valence-corrected chi connectivity index (χ1v) is 7.75. The second-order valence-electron chi connectivity index (χ2n) is 5.27. The highest BCUT2D eigenvalue weighted by Gasteiger charge is 2.16. The van der Waals surface area contributed by atoms with Gasteiger partial charge in [-0.2, -0.15) is 0 Å². The molecule has 0 aliphatic carbocycles. The first-order chi connectivity index (χ1) is 10.2. The maximum absolute atomic E-state index is 5.82. The van der Waals surface area contributed by atoms with Gasteiger partial charge in [0.05, 0.1) is 6.61 Å². The number of benzene rings is 2. The highest BCUT2D eigenvalue weighted by Crippen LogP contribution is 2.29. The van der Waals surface area contributed by atoms with E-state index in [0.717, 1.165) is 18.7 Å². The van der Waals surface area contributed by atoms with Crippen molar-refractivity contribution in [3.8, 4) is 5.75 Å². The van der Waals surface area contributed by atoms with E-state index >= 15 is 0 Å². The molecular formula is C19H25NO. The fourth-order valence-corrected chi connectivity index (χ4v) is 2.62. The van der Waals surface area contributed by atoms with Crippen LogP contribution in [0.4, 0.5) is 0 Å². The summed E-state index contributed by atoms with van der Waals surface area (Å²) in [6.45, 7) is 7.94. The summed E-state index contributed by atoms with van der Waals surface area (Å²) in [4.78, 5) is 0. The molecule has 1 unspecified atom stereocenters. The first-order valence-electron chi connectivity index (χ1n) is 7.75. The van der Waals surface area contributed by atoms with Gasteiger partial charge in [0.2, 0.25) is 0 Å². The van der Waals surface area contributed by atoms with Crippen molar-refractivity contribution in [2.45, 2.75) is 33.2 Å². The van der Waals surface area contributed by atoms with Crippen LogP contribution in [0, 0.1) is 6.92 Å². The Morgan fingerprint density at radius 2 is 1.81 bits per heavy atom. The Hall–Kier alpha value is -1.80. The summed E-state index contributed by atoms with van der Waals surface area (Å²) >= 11 is 0. The molecule has 0 saturated heterocycles. The molecular weight excluding hydrogens is 258 g/mol. The van der Waals surface area contributed by atoms with Crippen molar-refractivity contribution in [3.05, 3.63) is 65.2 Å². The summed E-state index contributed by atoms with van der Waals surface area (Å²) in [5.41, 5.74) is 3.86. The number of rotatable bonds is 7. The van der Waals surface area contributed by atoms with Crippen LogP contribution in [0.2, 0.25) is 0 Å². The molecule has 0 bridgehead atoms. The minimum absolute atomic E-state index is 0.277. The molecule has 112 valence electrons. The normalized spacial score (nSPS) is 12.1. The number of ether oxygens (including phenoxy) is 1. The van der Waals surface area contributed by atoms with E-state index in [-0.39, 0.29) is 6.04 Å². The maximum Gasteiger partial charge on any atom is 0.124 e. The van der Waals surface area contributed by atoms with Crippen LogP contribution in [0.1, 0.15) is 36.6 Å². The van der Waals surface area contributed by atoms with Crippen LogP contribution in [-0.2, 0) is 6.42 Å². The smallest absolute Gasteiger partial charge is 0.124 e. The third-order valence-corrected chi connectivity index (χ3v) is 3.57. The molecule has 0 aliphatic heterocycles. The predicted octanol–water partition coefficient (Wildman–Crippen LogP) is 4.29. The zero-order valence-electron chi connectivity index (χ0n) is 13.2. The van der Waals surface area contributed by atoms with Crippen molar-refractivity contribution in [1.82, 2.24) is 5.32 Å². The van der Waals surface area contributed by atoms with E-state index in [2.05, 4.69) is 67.7 Å². The van der Waals surface area contributed by atoms with Gasteiger partial charge in [-0.15, -0.1) is 0 Å². The van der Waals surface area contributed by atoms with Crippen molar-refractivity contribution in [2.24, 2.45) is 0 Å². The summed E-state index contributed by atoms with van der Waals surface area (Å²) in [6.07, 6.45) is 0.970. The summed E-state index contributed by atoms with van der Waals surface area (Å²) < 4.78 is 5.82. The van der Waals surface area contributed by atoms with Crippen LogP contribution in [0.3, 0.4) is 0 Å². The van der Waals surface area contributed by atoms with Crippen molar-refractivity contribution in [1.29, 1.82) is 0 Å². The van der Waals surface area contributed by atoms with E-state index in [9.17, 15) is 0 Å². The fraction of sp³-hybridized carbons (Fsp3) is 0.368. The van der Waals surface area contributed by atoms with Gasteiger partial charge in [0.15, 0.2) is 0 Å². The number of likely N-dealkylation sites (N-methyl/N-ethyl adjacent to an activating group) is 1. The topological polar surface area (TPSA) is 21.3 Å². The Labute approximate surface area is 128 Å². The number of aryl methyl sites for hydroxylation is 1. The lowest BCUT2D eigenvalue weighted by molar-refractivity contribution is 0.331. The fourth-order valence-electron chi connectivity index (χ4n) is 2.62. The van der Waals surface area contributed by atoms with Gasteiger partial charge in [-0.25, -0.2) is 0 Å². The minimum atomic E-state index is 0.277. The van der Waals surface area contributed by atoms with Crippen LogP contribution >= 0.6 is 0 Å². The first kappa shape index (κ1) is 15.6. The van der Waals surface area contributed by atoms with E-state index in [0.29, 0.717) is 6.61 Å². The van der Waals surface area contributed by atoms with Crippen LogP contribution in [0.5, 0.6) is 5.75 Å². The van der Waals surface area contributed by atoms with Crippen molar-refractivity contribution in [2.75, 3.05) is 13.2 Å². The zero-order valence-corrected chi connectivity index (χ0v) is 13.2. The molecule has 2 aromatic carbocycles. The van der Waals surface area contributed by atoms with Crippen molar-refractivity contribution >= 4 is 0 Å². The van der Waals surface area contributed by atoms with Crippen LogP contribution < -0.4 is 10.1 Å². The predicted molar refractivity (Wildman–Crippen MR) is 88.9 cm³/mol. The Balaban J connectivity index is 2.30. The number of nitrogens with one attached hydrogen (secondary N) is 1. The van der Waals surface area contributed by atoms with Crippen LogP contribution in [-0.4, -0.2) is 13.2 Å². The van der Waals surface area contributed by atoms with Gasteiger partial charge < -0.3 is 10.1 Å². The summed E-state index contributed by atoms with van der Waals surface area (Å²) in [5.74, 6) is 0.991. The molecule has 0 saturated carbocycles. The molecule has 0 fully saturated rings. The van der Waals surface area contributed by atoms with E-state index in [1.807, 2.05) is 6.92 Å². The molecule has 2 aromatic rings. The zero-order chi connectivity index (χ0) is 15.1. The molecule has 0 heterocycles. The lowest BCUT2D eigenvalue weighted by Gasteiger charge is -2.22. The molecule has 2 heteroatoms. The molecule has 2 rings (SSSR count). The molecule has 0 amide bonds. The minimum Gasteiger partial charge on any atom is -0.494 e. The lowest BCUT2D eigenvalue weighted by Crippen LogP contribution is -2.23. The van der Waals surface area contributed by atoms with E-state index < -0.39 is 0 Å². The Morgan fingerprint density at radius 1 is 1.05 bits per heavy atom. The molecule has 1 N–H and O–H groups in total. The second kappa shape index (κ2) is 7.84.